The summed E-state index contributed by atoms with van der Waals surface area (Å²) in [6, 6.07) is 0. The Bertz CT molecular complexity index is 434. The molecule has 108 valence electrons. The Hall–Kier alpha value is -0.710. The minimum Gasteiger partial charge on any atom is -0.390 e. The number of hydrogen-bond donors (Lipinski definition) is 3. The van der Waals surface area contributed by atoms with Crippen LogP contribution in [0.15, 0.2) is 11.6 Å². The first-order chi connectivity index (χ1) is 8.52. The largest absolute Gasteiger partial charge is 0.390 e. The van der Waals surface area contributed by atoms with Gasteiger partial charge in [-0.1, -0.05) is 13.0 Å². The summed E-state index contributed by atoms with van der Waals surface area (Å²) in [5.41, 5.74) is -2.75. The van der Waals surface area contributed by atoms with Gasteiger partial charge in [0.25, 0.3) is 0 Å². The first-order valence-corrected chi connectivity index (χ1v) is 6.85. The quantitative estimate of drug-likeness (QED) is 0.667. The zero-order chi connectivity index (χ0) is 14.6. The summed E-state index contributed by atoms with van der Waals surface area (Å²) in [5.74, 6) is -0.256. The molecule has 0 aliphatic heterocycles. The summed E-state index contributed by atoms with van der Waals surface area (Å²) in [6.45, 7) is 6.75. The number of carbonyl (C=O) groups excluding carboxylic acids is 1. The fraction of sp³-hybridized carbons (Fsp3) is 0.800. The highest BCUT2D eigenvalue weighted by atomic mass is 16.4. The first-order valence-electron chi connectivity index (χ1n) is 6.85. The lowest BCUT2D eigenvalue weighted by atomic mass is 9.67. The highest BCUT2D eigenvalue weighted by Gasteiger charge is 2.65. The lowest BCUT2D eigenvalue weighted by molar-refractivity contribution is -0.199. The third-order valence-electron chi connectivity index (χ3n) is 5.18. The first kappa shape index (κ1) is 14.7. The fourth-order valence-electron chi connectivity index (χ4n) is 3.91. The Morgan fingerprint density at radius 2 is 2.00 bits per heavy atom. The molecular weight excluding hydrogens is 244 g/mol. The van der Waals surface area contributed by atoms with Gasteiger partial charge in [-0.05, 0) is 44.6 Å². The molecule has 1 saturated carbocycles. The van der Waals surface area contributed by atoms with Gasteiger partial charge in [-0.2, -0.15) is 0 Å². The predicted molar refractivity (Wildman–Crippen MR) is 71.5 cm³/mol. The maximum atomic E-state index is 12.0. The molecule has 1 fully saturated rings. The Labute approximate surface area is 114 Å². The molecule has 19 heavy (non-hydrogen) atoms. The van der Waals surface area contributed by atoms with Crippen LogP contribution in [0.3, 0.4) is 0 Å². The SMILES string of the molecule is CC1=CCC2C(C)(CC1=O)CC(O)C2(O)C(C)(C)O. The third kappa shape index (κ3) is 1.97. The van der Waals surface area contributed by atoms with E-state index < -0.39 is 22.7 Å². The van der Waals surface area contributed by atoms with E-state index >= 15 is 0 Å². The van der Waals surface area contributed by atoms with E-state index in [0.29, 0.717) is 24.8 Å². The zero-order valence-corrected chi connectivity index (χ0v) is 12.1. The molecule has 4 unspecified atom stereocenters. The molecule has 0 aromatic carbocycles. The number of fused-ring (bicyclic) bond motifs is 1. The molecule has 0 heterocycles. The van der Waals surface area contributed by atoms with Crippen LogP contribution in [0.2, 0.25) is 0 Å². The van der Waals surface area contributed by atoms with Crippen LogP contribution >= 0.6 is 0 Å². The van der Waals surface area contributed by atoms with Gasteiger partial charge in [0.2, 0.25) is 0 Å². The molecule has 4 atom stereocenters. The molecule has 0 amide bonds. The van der Waals surface area contributed by atoms with E-state index in [-0.39, 0.29) is 11.7 Å². The van der Waals surface area contributed by atoms with Gasteiger partial charge >= 0.3 is 0 Å². The lowest BCUT2D eigenvalue weighted by Gasteiger charge is -2.44. The molecule has 0 bridgehead atoms. The predicted octanol–water partition coefficient (Wildman–Crippen LogP) is 1.18. The Balaban J connectivity index is 2.49. The number of aliphatic hydroxyl groups is 3. The van der Waals surface area contributed by atoms with Crippen molar-refractivity contribution < 1.29 is 20.1 Å². The smallest absolute Gasteiger partial charge is 0.158 e. The fourth-order valence-corrected chi connectivity index (χ4v) is 3.91. The molecular formula is C15H24O4. The number of ketones is 1. The van der Waals surface area contributed by atoms with Crippen LogP contribution in [0.25, 0.3) is 0 Å². The van der Waals surface area contributed by atoms with Gasteiger partial charge in [0, 0.05) is 12.3 Å². The molecule has 0 aromatic heterocycles. The molecule has 0 spiro atoms. The standard InChI is InChI=1S/C15H24O4/c1-9-5-6-11-14(4,7-10(9)16)8-12(17)15(11,19)13(2,3)18/h5,11-12,17-19H,6-8H2,1-4H3. The number of allylic oxidation sites excluding steroid dienone is 2. The molecule has 4 nitrogen and oxygen atoms in total. The topological polar surface area (TPSA) is 77.8 Å². The number of hydrogen-bond acceptors (Lipinski definition) is 4. The second kappa shape index (κ2) is 4.14. The maximum Gasteiger partial charge on any atom is 0.158 e. The lowest BCUT2D eigenvalue weighted by Crippen LogP contribution is -2.60. The van der Waals surface area contributed by atoms with Gasteiger partial charge in [-0.15, -0.1) is 0 Å². The van der Waals surface area contributed by atoms with Crippen molar-refractivity contribution in [2.75, 3.05) is 0 Å². The molecule has 2 rings (SSSR count). The van der Waals surface area contributed by atoms with Crippen LogP contribution in [0.1, 0.15) is 47.0 Å². The number of carbonyl (C=O) groups is 1. The normalized spacial score (nSPS) is 43.7. The van der Waals surface area contributed by atoms with Gasteiger partial charge in [0.1, 0.15) is 5.60 Å². The minimum absolute atomic E-state index is 0.0668. The minimum atomic E-state index is -1.58. The average molecular weight is 268 g/mol. The van der Waals surface area contributed by atoms with Crippen molar-refractivity contribution in [1.29, 1.82) is 0 Å². The van der Waals surface area contributed by atoms with Crippen molar-refractivity contribution in [2.45, 2.75) is 64.3 Å². The van der Waals surface area contributed by atoms with Gasteiger partial charge in [0.15, 0.2) is 5.78 Å². The molecule has 4 heteroatoms. The van der Waals surface area contributed by atoms with Crippen LogP contribution in [0.5, 0.6) is 0 Å². The Morgan fingerprint density at radius 3 is 2.53 bits per heavy atom. The van der Waals surface area contributed by atoms with E-state index in [1.54, 1.807) is 6.92 Å². The van der Waals surface area contributed by atoms with E-state index in [0.717, 1.165) is 0 Å². The number of rotatable bonds is 1. The molecule has 2 aliphatic rings. The summed E-state index contributed by atoms with van der Waals surface area (Å²) in [7, 11) is 0. The highest BCUT2D eigenvalue weighted by molar-refractivity contribution is 5.95. The summed E-state index contributed by atoms with van der Waals surface area (Å²) >= 11 is 0. The van der Waals surface area contributed by atoms with E-state index in [1.807, 2.05) is 13.0 Å². The average Bonchev–Trinajstić information content (AvgIpc) is 2.35. The Morgan fingerprint density at radius 1 is 1.42 bits per heavy atom. The zero-order valence-electron chi connectivity index (χ0n) is 12.1. The van der Waals surface area contributed by atoms with Crippen molar-refractivity contribution in [2.24, 2.45) is 11.3 Å². The van der Waals surface area contributed by atoms with Crippen LogP contribution in [-0.4, -0.2) is 38.4 Å². The third-order valence-corrected chi connectivity index (χ3v) is 5.18. The van der Waals surface area contributed by atoms with Crippen molar-refractivity contribution in [3.63, 3.8) is 0 Å². The summed E-state index contributed by atoms with van der Waals surface area (Å²) in [4.78, 5) is 12.0. The van der Waals surface area contributed by atoms with E-state index in [1.165, 1.54) is 13.8 Å². The number of Topliss-reactive ketones (excluding diaryl/α,β-unsaturated/α-hetero) is 1. The monoisotopic (exact) mass is 268 g/mol. The molecule has 0 aromatic rings. The van der Waals surface area contributed by atoms with Crippen molar-refractivity contribution in [1.82, 2.24) is 0 Å². The van der Waals surface area contributed by atoms with Crippen molar-refractivity contribution in [3.8, 4) is 0 Å². The van der Waals surface area contributed by atoms with Gasteiger partial charge in [-0.3, -0.25) is 4.79 Å². The maximum absolute atomic E-state index is 12.0. The second-order valence-electron chi connectivity index (χ2n) is 7.03. The second-order valence-corrected chi connectivity index (χ2v) is 7.03. The summed E-state index contributed by atoms with van der Waals surface area (Å²) < 4.78 is 0. The van der Waals surface area contributed by atoms with Crippen molar-refractivity contribution >= 4 is 5.78 Å². The van der Waals surface area contributed by atoms with Gasteiger partial charge in [0.05, 0.1) is 11.7 Å². The van der Waals surface area contributed by atoms with Crippen LogP contribution in [0, 0.1) is 11.3 Å². The van der Waals surface area contributed by atoms with Crippen LogP contribution in [0.4, 0.5) is 0 Å². The Kier molecular flexibility index (Phi) is 3.20. The van der Waals surface area contributed by atoms with Crippen LogP contribution < -0.4 is 0 Å². The van der Waals surface area contributed by atoms with E-state index in [4.69, 9.17) is 0 Å². The highest BCUT2D eigenvalue weighted by Crippen LogP contribution is 2.57. The van der Waals surface area contributed by atoms with Gasteiger partial charge in [-0.25, -0.2) is 0 Å². The molecule has 3 N–H and O–H groups in total. The molecule has 0 saturated heterocycles. The van der Waals surface area contributed by atoms with E-state index in [9.17, 15) is 20.1 Å². The summed E-state index contributed by atoms with van der Waals surface area (Å²) in [5, 5.41) is 31.5. The van der Waals surface area contributed by atoms with Crippen LogP contribution in [-0.2, 0) is 4.79 Å². The van der Waals surface area contributed by atoms with Gasteiger partial charge < -0.3 is 15.3 Å². The summed E-state index contributed by atoms with van der Waals surface area (Å²) in [6.07, 6.45) is 1.97. The number of aliphatic hydroxyl groups excluding tert-OH is 1. The molecule has 2 aliphatic carbocycles. The molecule has 0 radical (unpaired) electrons. The van der Waals surface area contributed by atoms with Crippen molar-refractivity contribution in [3.05, 3.63) is 11.6 Å². The van der Waals surface area contributed by atoms with E-state index in [2.05, 4.69) is 0 Å².